The van der Waals surface area contributed by atoms with Crippen LogP contribution in [0.15, 0.2) is 40.2 Å². The summed E-state index contributed by atoms with van der Waals surface area (Å²) in [5, 5.41) is 3.50. The molecule has 168 valence electrons. The molecule has 0 unspecified atom stereocenters. The second-order valence-corrected chi connectivity index (χ2v) is 10.3. The molecule has 0 saturated carbocycles. The fourth-order valence-electron chi connectivity index (χ4n) is 4.23. The highest BCUT2D eigenvalue weighted by Gasteiger charge is 2.29. The van der Waals surface area contributed by atoms with Gasteiger partial charge in [0.15, 0.2) is 5.96 Å². The van der Waals surface area contributed by atoms with Gasteiger partial charge in [-0.15, -0.1) is 0 Å². The van der Waals surface area contributed by atoms with Crippen molar-refractivity contribution in [2.24, 2.45) is 16.8 Å². The van der Waals surface area contributed by atoms with E-state index < -0.39 is 10.0 Å². The molecule has 0 aromatic heterocycles. The van der Waals surface area contributed by atoms with Gasteiger partial charge in [0.1, 0.15) is 0 Å². The molecule has 0 atom stereocenters. The lowest BCUT2D eigenvalue weighted by Gasteiger charge is -2.32. The van der Waals surface area contributed by atoms with E-state index in [0.717, 1.165) is 70.3 Å². The number of benzene rings is 1. The number of ether oxygens (including phenoxy) is 1. The Morgan fingerprint density at radius 1 is 1.13 bits per heavy atom. The van der Waals surface area contributed by atoms with Crippen molar-refractivity contribution in [3.05, 3.63) is 30.3 Å². The van der Waals surface area contributed by atoms with Crippen molar-refractivity contribution in [1.29, 1.82) is 0 Å². The summed E-state index contributed by atoms with van der Waals surface area (Å²) in [6.45, 7) is 4.73. The van der Waals surface area contributed by atoms with Gasteiger partial charge in [0.25, 0.3) is 0 Å². The van der Waals surface area contributed by atoms with Crippen LogP contribution in [0.5, 0.6) is 0 Å². The normalized spacial score (nSPS) is 20.3. The fourth-order valence-corrected chi connectivity index (χ4v) is 5.72. The first kappa shape index (κ1) is 23.0. The molecule has 2 aliphatic heterocycles. The maximum absolute atomic E-state index is 12.8. The van der Waals surface area contributed by atoms with Crippen LogP contribution >= 0.6 is 0 Å². The van der Waals surface area contributed by atoms with E-state index in [0.29, 0.717) is 23.9 Å². The molecule has 1 aromatic rings. The molecule has 8 heteroatoms. The average molecular weight is 437 g/mol. The predicted octanol–water partition coefficient (Wildman–Crippen LogP) is 2.41. The summed E-state index contributed by atoms with van der Waals surface area (Å²) in [7, 11) is 0.528. The number of guanidine groups is 1. The fraction of sp³-hybridized carbons (Fsp3) is 0.682. The van der Waals surface area contributed by atoms with Crippen molar-refractivity contribution >= 4 is 16.0 Å². The molecular weight excluding hydrogens is 400 g/mol. The summed E-state index contributed by atoms with van der Waals surface area (Å²) >= 11 is 0. The molecule has 2 saturated heterocycles. The summed E-state index contributed by atoms with van der Waals surface area (Å²) in [5.41, 5.74) is 0. The van der Waals surface area contributed by atoms with Crippen molar-refractivity contribution in [3.8, 4) is 0 Å². The third kappa shape index (κ3) is 6.18. The predicted molar refractivity (Wildman–Crippen MR) is 120 cm³/mol. The van der Waals surface area contributed by atoms with E-state index in [1.54, 1.807) is 28.6 Å². The van der Waals surface area contributed by atoms with Gasteiger partial charge >= 0.3 is 0 Å². The lowest BCUT2D eigenvalue weighted by Crippen LogP contribution is -2.45. The highest BCUT2D eigenvalue weighted by molar-refractivity contribution is 7.89. The van der Waals surface area contributed by atoms with Gasteiger partial charge in [0, 0.05) is 53.5 Å². The van der Waals surface area contributed by atoms with Crippen LogP contribution in [-0.2, 0) is 14.8 Å². The zero-order valence-corrected chi connectivity index (χ0v) is 19.1. The molecule has 3 rings (SSSR count). The van der Waals surface area contributed by atoms with Crippen LogP contribution in [0.3, 0.4) is 0 Å². The average Bonchev–Trinajstić information content (AvgIpc) is 2.79. The highest BCUT2D eigenvalue weighted by atomic mass is 32.2. The third-order valence-electron chi connectivity index (χ3n) is 6.29. The first-order valence-electron chi connectivity index (χ1n) is 11.1. The molecule has 0 amide bonds. The minimum Gasteiger partial charge on any atom is -0.381 e. The van der Waals surface area contributed by atoms with Gasteiger partial charge in [-0.25, -0.2) is 8.42 Å². The van der Waals surface area contributed by atoms with Crippen LogP contribution in [0, 0.1) is 11.8 Å². The summed E-state index contributed by atoms with van der Waals surface area (Å²) in [6, 6.07) is 8.72. The SMILES string of the molecule is CN=C(NCC1CCN(S(=O)(=O)c2ccccc2)CC1)N(C)CCC1CCOCC1. The monoisotopic (exact) mass is 436 g/mol. The first-order valence-corrected chi connectivity index (χ1v) is 12.5. The number of piperidine rings is 1. The largest absolute Gasteiger partial charge is 0.381 e. The molecule has 1 aromatic carbocycles. The zero-order valence-electron chi connectivity index (χ0n) is 18.3. The van der Waals surface area contributed by atoms with Gasteiger partial charge in [-0.3, -0.25) is 4.99 Å². The molecule has 0 spiro atoms. The van der Waals surface area contributed by atoms with Crippen molar-refractivity contribution in [2.45, 2.75) is 37.0 Å². The smallest absolute Gasteiger partial charge is 0.243 e. The van der Waals surface area contributed by atoms with E-state index >= 15 is 0 Å². The standard InChI is InChI=1S/C22H36N4O3S/c1-23-22(25(2)13-8-19-11-16-29-17-12-19)24-18-20-9-14-26(15-10-20)30(27,28)21-6-4-3-5-7-21/h3-7,19-20H,8-18H2,1-2H3,(H,23,24). The lowest BCUT2D eigenvalue weighted by molar-refractivity contribution is 0.0625. The van der Waals surface area contributed by atoms with Crippen LogP contribution in [0.2, 0.25) is 0 Å². The molecule has 30 heavy (non-hydrogen) atoms. The van der Waals surface area contributed by atoms with Gasteiger partial charge in [0.2, 0.25) is 10.0 Å². The van der Waals surface area contributed by atoms with Crippen molar-refractivity contribution in [3.63, 3.8) is 0 Å². The van der Waals surface area contributed by atoms with Gasteiger partial charge in [-0.05, 0) is 56.1 Å². The van der Waals surface area contributed by atoms with E-state index in [1.165, 1.54) is 0 Å². The Bertz CT molecular complexity index is 771. The summed E-state index contributed by atoms with van der Waals surface area (Å²) in [5.74, 6) is 2.12. The molecule has 0 aliphatic carbocycles. The summed E-state index contributed by atoms with van der Waals surface area (Å²) < 4.78 is 32.6. The van der Waals surface area contributed by atoms with Gasteiger partial charge in [0.05, 0.1) is 4.90 Å². The Morgan fingerprint density at radius 2 is 1.80 bits per heavy atom. The van der Waals surface area contributed by atoms with Gasteiger partial charge in [-0.1, -0.05) is 18.2 Å². The van der Waals surface area contributed by atoms with E-state index in [9.17, 15) is 8.42 Å². The second-order valence-electron chi connectivity index (χ2n) is 8.35. The molecule has 2 fully saturated rings. The number of hydrogen-bond donors (Lipinski definition) is 1. The number of nitrogens with zero attached hydrogens (tertiary/aromatic N) is 3. The van der Waals surface area contributed by atoms with Crippen LogP contribution in [0.4, 0.5) is 0 Å². The number of sulfonamides is 1. The minimum absolute atomic E-state index is 0.383. The molecule has 0 radical (unpaired) electrons. The first-order chi connectivity index (χ1) is 14.5. The third-order valence-corrected chi connectivity index (χ3v) is 8.20. The number of nitrogens with one attached hydrogen (secondary N) is 1. The highest BCUT2D eigenvalue weighted by Crippen LogP contribution is 2.23. The van der Waals surface area contributed by atoms with Crippen LogP contribution in [-0.4, -0.2) is 77.1 Å². The van der Waals surface area contributed by atoms with Crippen molar-refractivity contribution in [2.75, 3.05) is 53.5 Å². The Kier molecular flexibility index (Phi) is 8.53. The minimum atomic E-state index is -3.38. The lowest BCUT2D eigenvalue weighted by atomic mass is 9.96. The van der Waals surface area contributed by atoms with E-state index in [2.05, 4.69) is 22.3 Å². The Hall–Kier alpha value is -1.64. The summed E-state index contributed by atoms with van der Waals surface area (Å²) in [4.78, 5) is 7.01. The molecule has 2 aliphatic rings. The number of aliphatic imine (C=N–C) groups is 1. The van der Waals surface area contributed by atoms with E-state index in [-0.39, 0.29) is 0 Å². The van der Waals surface area contributed by atoms with Gasteiger partial charge in [-0.2, -0.15) is 4.31 Å². The molecule has 0 bridgehead atoms. The number of rotatable bonds is 7. The molecule has 7 nitrogen and oxygen atoms in total. The van der Waals surface area contributed by atoms with Gasteiger partial charge < -0.3 is 15.0 Å². The Balaban J connectivity index is 1.41. The Morgan fingerprint density at radius 3 is 2.43 bits per heavy atom. The topological polar surface area (TPSA) is 74.2 Å². The van der Waals surface area contributed by atoms with Crippen LogP contribution in [0.25, 0.3) is 0 Å². The zero-order chi connectivity index (χ0) is 21.4. The van der Waals surface area contributed by atoms with Crippen molar-refractivity contribution in [1.82, 2.24) is 14.5 Å². The van der Waals surface area contributed by atoms with Crippen molar-refractivity contribution < 1.29 is 13.2 Å². The Labute approximate surface area is 181 Å². The summed E-state index contributed by atoms with van der Waals surface area (Å²) in [6.07, 6.45) is 5.20. The number of hydrogen-bond acceptors (Lipinski definition) is 4. The molecule has 2 heterocycles. The van der Waals surface area contributed by atoms with Crippen LogP contribution in [0.1, 0.15) is 32.1 Å². The second kappa shape index (κ2) is 11.1. The molecular formula is C22H36N4O3S. The maximum Gasteiger partial charge on any atom is 0.243 e. The molecule has 1 N–H and O–H groups in total. The maximum atomic E-state index is 12.8. The quantitative estimate of drug-likeness (QED) is 0.525. The van der Waals surface area contributed by atoms with E-state index in [4.69, 9.17) is 4.74 Å². The van der Waals surface area contributed by atoms with E-state index in [1.807, 2.05) is 13.1 Å². The van der Waals surface area contributed by atoms with Crippen LogP contribution < -0.4 is 5.32 Å².